The molecule has 0 saturated heterocycles. The molecule has 4 aromatic heterocycles. The molecule has 0 N–H and O–H groups in total. The first-order valence-corrected chi connectivity index (χ1v) is 27.1. The second-order valence-electron chi connectivity index (χ2n) is 20.7. The number of hydrogen-bond acceptors (Lipinski definition) is 6. The Balaban J connectivity index is 0.788. The van der Waals surface area contributed by atoms with Gasteiger partial charge in [-0.1, -0.05) is 109 Å². The van der Waals surface area contributed by atoms with Gasteiger partial charge in [-0.2, -0.15) is 21.0 Å². The second kappa shape index (κ2) is 19.3. The maximum Gasteiger partial charge on any atom is 0.160 e. The number of para-hydroxylation sites is 2. The molecule has 11 aromatic carbocycles. The number of nitrogens with zero attached hydrogens (tertiary/aromatic N) is 9. The van der Waals surface area contributed by atoms with Crippen molar-refractivity contribution in [3.05, 3.63) is 271 Å². The molecule has 0 amide bonds. The van der Waals surface area contributed by atoms with E-state index < -0.39 is 0 Å². The van der Waals surface area contributed by atoms with Gasteiger partial charge >= 0.3 is 0 Å². The minimum Gasteiger partial charge on any atom is -0.309 e. The van der Waals surface area contributed by atoms with E-state index in [-0.39, 0.29) is 0 Å². The first-order valence-electron chi connectivity index (χ1n) is 27.1. The molecule has 15 aromatic rings. The lowest BCUT2D eigenvalue weighted by atomic mass is 9.98. The van der Waals surface area contributed by atoms with E-state index in [0.717, 1.165) is 122 Å². The van der Waals surface area contributed by atoms with Crippen molar-refractivity contribution in [2.24, 2.45) is 0 Å². The summed E-state index contributed by atoms with van der Waals surface area (Å²) in [6.07, 6.45) is 0. The summed E-state index contributed by atoms with van der Waals surface area (Å²) in [5.41, 5.74) is 20.1. The van der Waals surface area contributed by atoms with Gasteiger partial charge in [-0.05, 0) is 162 Å². The molecule has 15 rings (SSSR count). The Hall–Kier alpha value is -12.1. The lowest BCUT2D eigenvalue weighted by Crippen LogP contribution is -1.96. The molecule has 9 nitrogen and oxygen atoms in total. The second-order valence-corrected chi connectivity index (χ2v) is 20.7. The Bertz CT molecular complexity index is 5130. The van der Waals surface area contributed by atoms with Crippen molar-refractivity contribution in [1.29, 1.82) is 21.0 Å². The first kappa shape index (κ1) is 48.0. The minimum atomic E-state index is 0.542. The summed E-state index contributed by atoms with van der Waals surface area (Å²) in [4.78, 5) is 9.91. The molecule has 0 aliphatic carbocycles. The molecule has 0 unspecified atom stereocenters. The maximum atomic E-state index is 9.92. The highest BCUT2D eigenvalue weighted by Gasteiger charge is 2.20. The monoisotopic (exact) mass is 1060 g/mol. The molecule has 0 radical (unpaired) electrons. The van der Waals surface area contributed by atoms with E-state index >= 15 is 0 Å². The van der Waals surface area contributed by atoms with E-state index in [1.165, 1.54) is 10.8 Å². The van der Waals surface area contributed by atoms with E-state index in [9.17, 15) is 21.0 Å². The predicted molar refractivity (Wildman–Crippen MR) is 331 cm³/mol. The Morgan fingerprint density at radius 2 is 0.542 bits per heavy atom. The van der Waals surface area contributed by atoms with Crippen molar-refractivity contribution in [3.8, 4) is 97.5 Å². The lowest BCUT2D eigenvalue weighted by molar-refractivity contribution is 1.16. The highest BCUT2D eigenvalue weighted by molar-refractivity contribution is 6.14. The normalized spacial score (nSPS) is 11.3. The van der Waals surface area contributed by atoms with Crippen LogP contribution in [0.2, 0.25) is 0 Å². The number of benzene rings is 11. The van der Waals surface area contributed by atoms with Crippen LogP contribution in [0.15, 0.2) is 249 Å². The predicted octanol–water partition coefficient (Wildman–Crippen LogP) is 17.6. The summed E-state index contributed by atoms with van der Waals surface area (Å²) >= 11 is 0. The third-order valence-electron chi connectivity index (χ3n) is 16.0. The summed E-state index contributed by atoms with van der Waals surface area (Å²) < 4.78 is 6.96. The van der Waals surface area contributed by atoms with Crippen molar-refractivity contribution in [2.45, 2.75) is 0 Å². The van der Waals surface area contributed by atoms with Crippen LogP contribution in [0, 0.1) is 45.3 Å². The van der Waals surface area contributed by atoms with Crippen LogP contribution in [-0.4, -0.2) is 23.7 Å². The Morgan fingerprint density at radius 3 is 0.964 bits per heavy atom. The fourth-order valence-corrected chi connectivity index (χ4v) is 12.0. The highest BCUT2D eigenvalue weighted by Crippen LogP contribution is 2.41. The molecule has 0 fully saturated rings. The third kappa shape index (κ3) is 8.05. The zero-order valence-corrected chi connectivity index (χ0v) is 44.2. The average Bonchev–Trinajstić information content (AvgIpc) is 3.65. The van der Waals surface area contributed by atoms with Crippen LogP contribution in [0.5, 0.6) is 0 Å². The molecular formula is C74H41N9. The third-order valence-corrected chi connectivity index (χ3v) is 16.0. The molecule has 83 heavy (non-hydrogen) atoms. The molecule has 0 bridgehead atoms. The van der Waals surface area contributed by atoms with Crippen molar-refractivity contribution in [3.63, 3.8) is 0 Å². The largest absolute Gasteiger partial charge is 0.309 e. The Labute approximate surface area is 476 Å². The van der Waals surface area contributed by atoms with Gasteiger partial charge in [0.15, 0.2) is 5.82 Å². The summed E-state index contributed by atoms with van der Waals surface area (Å²) in [6.45, 7) is 0. The van der Waals surface area contributed by atoms with Gasteiger partial charge in [0.05, 0.1) is 91.0 Å². The van der Waals surface area contributed by atoms with Crippen LogP contribution in [0.25, 0.3) is 139 Å². The summed E-state index contributed by atoms with van der Waals surface area (Å²) in [6, 6.07) is 93.7. The summed E-state index contributed by atoms with van der Waals surface area (Å²) in [5, 5.41) is 45.1. The fraction of sp³-hybridized carbons (Fsp3) is 0. The zero-order valence-electron chi connectivity index (χ0n) is 44.2. The van der Waals surface area contributed by atoms with E-state index in [2.05, 4.69) is 196 Å². The van der Waals surface area contributed by atoms with E-state index in [1.54, 1.807) is 24.3 Å². The molecule has 9 heteroatoms. The number of rotatable bonds is 8. The highest BCUT2D eigenvalue weighted by atomic mass is 15.0. The van der Waals surface area contributed by atoms with Crippen LogP contribution in [0.1, 0.15) is 22.3 Å². The van der Waals surface area contributed by atoms with Gasteiger partial charge in [0.25, 0.3) is 0 Å². The van der Waals surface area contributed by atoms with Crippen LogP contribution in [0.4, 0.5) is 0 Å². The molecule has 4 heterocycles. The van der Waals surface area contributed by atoms with Gasteiger partial charge in [0.2, 0.25) is 0 Å². The number of nitriles is 4. The Kier molecular flexibility index (Phi) is 11.2. The quantitative estimate of drug-likeness (QED) is 0.149. The van der Waals surface area contributed by atoms with Crippen molar-refractivity contribution >= 4 is 65.4 Å². The van der Waals surface area contributed by atoms with E-state index in [1.807, 2.05) is 66.7 Å². The van der Waals surface area contributed by atoms with Crippen molar-refractivity contribution < 1.29 is 0 Å². The molecule has 0 saturated carbocycles. The minimum absolute atomic E-state index is 0.542. The van der Waals surface area contributed by atoms with Crippen molar-refractivity contribution in [1.82, 2.24) is 23.7 Å². The molecule has 0 aliphatic heterocycles. The van der Waals surface area contributed by atoms with Crippen LogP contribution < -0.4 is 0 Å². The van der Waals surface area contributed by atoms with Gasteiger partial charge in [-0.3, -0.25) is 0 Å². The smallest absolute Gasteiger partial charge is 0.160 e. The van der Waals surface area contributed by atoms with Gasteiger partial charge in [0, 0.05) is 66.1 Å². The standard InChI is InChI=1S/C74H41N9/c75-42-46-9-15-54(16-10-46)66-41-67(80-74(79-66)56-17-11-47(43-76)12-18-56)55-25-23-52(24-26-55)50-19-21-51(22-20-50)53-27-29-57(30-28-53)81-72-35-31-58(82-68-7-3-1-5-60(68)61-6-2-4-8-69(61)82)39-64(72)65-40-59(32-36-73(65)81)83-70-33-13-48(44-77)37-62(70)63-38-49(45-78)14-34-71(63)83/h1-41H. The number of aromatic nitrogens is 5. The van der Waals surface area contributed by atoms with Gasteiger partial charge in [-0.25, -0.2) is 9.97 Å². The molecule has 0 spiro atoms. The SMILES string of the molecule is N#Cc1ccc(-c2cc(-c3ccc(-c4ccc(-c5ccc(-n6c7ccc(-n8c9ccccc9c9ccccc98)cc7c7cc(-n8c9ccc(C#N)cc9c9cc(C#N)ccc98)ccc76)cc5)cc4)cc3)nc(-c3ccc(C#N)cc3)n2)cc1. The van der Waals surface area contributed by atoms with Crippen LogP contribution in [-0.2, 0) is 0 Å². The van der Waals surface area contributed by atoms with Gasteiger partial charge in [0.1, 0.15) is 0 Å². The average molecular weight is 1060 g/mol. The summed E-state index contributed by atoms with van der Waals surface area (Å²) in [5.74, 6) is 0.542. The van der Waals surface area contributed by atoms with Crippen LogP contribution >= 0.6 is 0 Å². The number of hydrogen-bond donors (Lipinski definition) is 0. The van der Waals surface area contributed by atoms with Crippen molar-refractivity contribution in [2.75, 3.05) is 0 Å². The fourth-order valence-electron chi connectivity index (χ4n) is 12.0. The lowest BCUT2D eigenvalue weighted by Gasteiger charge is -2.12. The topological polar surface area (TPSA) is 136 Å². The van der Waals surface area contributed by atoms with Gasteiger partial charge in [-0.15, -0.1) is 0 Å². The Morgan fingerprint density at radius 1 is 0.241 bits per heavy atom. The van der Waals surface area contributed by atoms with E-state index in [0.29, 0.717) is 28.1 Å². The molecule has 382 valence electrons. The first-order chi connectivity index (χ1) is 40.9. The molecule has 0 atom stereocenters. The summed E-state index contributed by atoms with van der Waals surface area (Å²) in [7, 11) is 0. The maximum absolute atomic E-state index is 9.92. The van der Waals surface area contributed by atoms with Crippen LogP contribution in [0.3, 0.4) is 0 Å². The molecular weight excluding hydrogens is 1010 g/mol. The van der Waals surface area contributed by atoms with Gasteiger partial charge < -0.3 is 13.7 Å². The molecule has 0 aliphatic rings. The van der Waals surface area contributed by atoms with E-state index in [4.69, 9.17) is 9.97 Å². The number of fused-ring (bicyclic) bond motifs is 9. The zero-order chi connectivity index (χ0) is 55.7.